The third-order valence-electron chi connectivity index (χ3n) is 3.67. The van der Waals surface area contributed by atoms with Crippen LogP contribution in [-0.2, 0) is 11.4 Å². The molecule has 0 unspecified atom stereocenters. The van der Waals surface area contributed by atoms with E-state index in [0.717, 1.165) is 11.4 Å². The van der Waals surface area contributed by atoms with Gasteiger partial charge in [-0.1, -0.05) is 47.7 Å². The lowest BCUT2D eigenvalue weighted by molar-refractivity contribution is -0.115. The highest BCUT2D eigenvalue weighted by molar-refractivity contribution is 7.99. The Morgan fingerprint density at radius 3 is 2.58 bits per heavy atom. The lowest BCUT2D eigenvalue weighted by Gasteiger charge is -2.16. The Balaban J connectivity index is 1.49. The van der Waals surface area contributed by atoms with Crippen LogP contribution in [0.5, 0.6) is 5.75 Å². The van der Waals surface area contributed by atoms with Crippen LogP contribution in [-0.4, -0.2) is 28.9 Å². The number of hydrogen-bond donors (Lipinski definition) is 0. The molecule has 0 saturated heterocycles. The summed E-state index contributed by atoms with van der Waals surface area (Å²) < 4.78 is 11.1. The molecular formula is C19H19N3O3S. The molecule has 0 aliphatic heterocycles. The Hall–Kier alpha value is -2.80. The number of hydrogen-bond acceptors (Lipinski definition) is 6. The molecule has 0 spiro atoms. The molecule has 6 nitrogen and oxygen atoms in total. The van der Waals surface area contributed by atoms with Gasteiger partial charge in [0.2, 0.25) is 5.91 Å². The Kier molecular flexibility index (Phi) is 5.91. The van der Waals surface area contributed by atoms with Crippen LogP contribution < -0.4 is 9.64 Å². The Morgan fingerprint density at radius 1 is 1.12 bits per heavy atom. The van der Waals surface area contributed by atoms with Crippen molar-refractivity contribution in [2.24, 2.45) is 0 Å². The van der Waals surface area contributed by atoms with Crippen molar-refractivity contribution in [3.8, 4) is 5.75 Å². The molecule has 1 aromatic heterocycles. The number of rotatable bonds is 7. The highest BCUT2D eigenvalue weighted by atomic mass is 32.2. The van der Waals surface area contributed by atoms with Crippen molar-refractivity contribution in [3.05, 3.63) is 66.1 Å². The summed E-state index contributed by atoms with van der Waals surface area (Å²) >= 11 is 1.21. The molecule has 0 aliphatic carbocycles. The molecule has 134 valence electrons. The van der Waals surface area contributed by atoms with E-state index in [1.807, 2.05) is 61.5 Å². The SMILES string of the molecule is Cc1ccc(OCc2nnc(SCC(=O)N(C)c3ccccc3)o2)cc1. The van der Waals surface area contributed by atoms with Crippen molar-refractivity contribution in [3.63, 3.8) is 0 Å². The van der Waals surface area contributed by atoms with Crippen LogP contribution in [0.25, 0.3) is 0 Å². The maximum absolute atomic E-state index is 12.3. The number of anilines is 1. The Labute approximate surface area is 156 Å². The van der Waals surface area contributed by atoms with Crippen molar-refractivity contribution in [2.75, 3.05) is 17.7 Å². The van der Waals surface area contributed by atoms with Gasteiger partial charge < -0.3 is 14.1 Å². The second-order valence-electron chi connectivity index (χ2n) is 5.64. The van der Waals surface area contributed by atoms with Gasteiger partial charge >= 0.3 is 0 Å². The van der Waals surface area contributed by atoms with Gasteiger partial charge in [-0.3, -0.25) is 4.79 Å². The minimum Gasteiger partial charge on any atom is -0.484 e. The van der Waals surface area contributed by atoms with Crippen LogP contribution >= 0.6 is 11.8 Å². The van der Waals surface area contributed by atoms with E-state index < -0.39 is 0 Å². The third kappa shape index (κ3) is 4.86. The average Bonchev–Trinajstić information content (AvgIpc) is 3.13. The van der Waals surface area contributed by atoms with Gasteiger partial charge in [0.15, 0.2) is 6.61 Å². The summed E-state index contributed by atoms with van der Waals surface area (Å²) in [4.78, 5) is 13.9. The molecule has 0 saturated carbocycles. The highest BCUT2D eigenvalue weighted by Crippen LogP contribution is 2.20. The predicted molar refractivity (Wildman–Crippen MR) is 100 cm³/mol. The smallest absolute Gasteiger partial charge is 0.277 e. The van der Waals surface area contributed by atoms with E-state index in [-0.39, 0.29) is 18.3 Å². The first-order valence-electron chi connectivity index (χ1n) is 8.08. The van der Waals surface area contributed by atoms with E-state index in [1.54, 1.807) is 11.9 Å². The zero-order chi connectivity index (χ0) is 18.4. The minimum absolute atomic E-state index is 0.0446. The van der Waals surface area contributed by atoms with Gasteiger partial charge in [-0.05, 0) is 31.2 Å². The fourth-order valence-electron chi connectivity index (χ4n) is 2.15. The lowest BCUT2D eigenvalue weighted by Crippen LogP contribution is -2.27. The molecule has 0 atom stereocenters. The number of carbonyl (C=O) groups excluding carboxylic acids is 1. The largest absolute Gasteiger partial charge is 0.484 e. The van der Waals surface area contributed by atoms with E-state index in [1.165, 1.54) is 17.3 Å². The minimum atomic E-state index is -0.0446. The van der Waals surface area contributed by atoms with E-state index in [9.17, 15) is 4.79 Å². The quantitative estimate of drug-likeness (QED) is 0.592. The molecule has 0 fully saturated rings. The molecule has 7 heteroatoms. The Bertz CT molecular complexity index is 850. The number of benzene rings is 2. The first kappa shape index (κ1) is 18.0. The summed E-state index contributed by atoms with van der Waals surface area (Å²) in [7, 11) is 1.74. The van der Waals surface area contributed by atoms with E-state index in [0.29, 0.717) is 11.1 Å². The normalized spacial score (nSPS) is 10.5. The average molecular weight is 369 g/mol. The van der Waals surface area contributed by atoms with Gasteiger partial charge in [-0.2, -0.15) is 0 Å². The summed E-state index contributed by atoms with van der Waals surface area (Å²) in [5.74, 6) is 1.28. The number of thioether (sulfide) groups is 1. The van der Waals surface area contributed by atoms with Crippen molar-refractivity contribution in [2.45, 2.75) is 18.8 Å². The van der Waals surface area contributed by atoms with Crippen LogP contribution in [0.1, 0.15) is 11.5 Å². The Morgan fingerprint density at radius 2 is 1.85 bits per heavy atom. The van der Waals surface area contributed by atoms with E-state index >= 15 is 0 Å². The van der Waals surface area contributed by atoms with Crippen molar-refractivity contribution in [1.82, 2.24) is 10.2 Å². The monoisotopic (exact) mass is 369 g/mol. The predicted octanol–water partition coefficient (Wildman–Crippen LogP) is 3.71. The summed E-state index contributed by atoms with van der Waals surface area (Å²) in [6.45, 7) is 2.20. The van der Waals surface area contributed by atoms with Crippen LogP contribution in [0.15, 0.2) is 64.2 Å². The fourth-order valence-corrected chi connectivity index (χ4v) is 2.84. The number of amides is 1. The second kappa shape index (κ2) is 8.53. The molecule has 26 heavy (non-hydrogen) atoms. The molecule has 3 aromatic rings. The maximum Gasteiger partial charge on any atom is 0.277 e. The summed E-state index contributed by atoms with van der Waals surface area (Å²) in [6, 6.07) is 17.2. The fraction of sp³-hybridized carbons (Fsp3) is 0.211. The summed E-state index contributed by atoms with van der Waals surface area (Å²) in [5, 5.41) is 8.23. The standard InChI is InChI=1S/C19H19N3O3S/c1-14-8-10-16(11-9-14)24-12-17-20-21-19(25-17)26-13-18(23)22(2)15-6-4-3-5-7-15/h3-11H,12-13H2,1-2H3. The number of aromatic nitrogens is 2. The second-order valence-corrected chi connectivity index (χ2v) is 6.57. The molecule has 0 N–H and O–H groups in total. The molecular weight excluding hydrogens is 350 g/mol. The molecule has 2 aromatic carbocycles. The van der Waals surface area contributed by atoms with Crippen molar-refractivity contribution < 1.29 is 13.9 Å². The first-order chi connectivity index (χ1) is 12.6. The zero-order valence-corrected chi connectivity index (χ0v) is 15.4. The topological polar surface area (TPSA) is 68.5 Å². The van der Waals surface area contributed by atoms with Crippen LogP contribution in [0.4, 0.5) is 5.69 Å². The number of carbonyl (C=O) groups is 1. The zero-order valence-electron chi connectivity index (χ0n) is 14.6. The van der Waals surface area contributed by atoms with Gasteiger partial charge in [0.1, 0.15) is 5.75 Å². The molecule has 3 rings (SSSR count). The van der Waals surface area contributed by atoms with E-state index in [2.05, 4.69) is 10.2 Å². The van der Waals surface area contributed by atoms with Crippen molar-refractivity contribution in [1.29, 1.82) is 0 Å². The lowest BCUT2D eigenvalue weighted by atomic mass is 10.2. The van der Waals surface area contributed by atoms with Gasteiger partial charge in [-0.15, -0.1) is 10.2 Å². The van der Waals surface area contributed by atoms with Gasteiger partial charge in [0.25, 0.3) is 11.1 Å². The van der Waals surface area contributed by atoms with Crippen LogP contribution in [0, 0.1) is 6.92 Å². The van der Waals surface area contributed by atoms with E-state index in [4.69, 9.17) is 9.15 Å². The molecule has 1 heterocycles. The first-order valence-corrected chi connectivity index (χ1v) is 9.06. The molecule has 0 aliphatic rings. The number of nitrogens with zero attached hydrogens (tertiary/aromatic N) is 3. The highest BCUT2D eigenvalue weighted by Gasteiger charge is 2.14. The molecule has 1 amide bonds. The number of aryl methyl sites for hydroxylation is 1. The molecule has 0 bridgehead atoms. The maximum atomic E-state index is 12.3. The van der Waals surface area contributed by atoms with Gasteiger partial charge in [0.05, 0.1) is 5.75 Å². The number of para-hydroxylation sites is 1. The summed E-state index contributed by atoms with van der Waals surface area (Å²) in [5.41, 5.74) is 2.01. The molecule has 0 radical (unpaired) electrons. The van der Waals surface area contributed by atoms with Crippen LogP contribution in [0.3, 0.4) is 0 Å². The van der Waals surface area contributed by atoms with Crippen LogP contribution in [0.2, 0.25) is 0 Å². The summed E-state index contributed by atoms with van der Waals surface area (Å²) in [6.07, 6.45) is 0. The van der Waals surface area contributed by atoms with Gasteiger partial charge in [-0.25, -0.2) is 0 Å². The van der Waals surface area contributed by atoms with Crippen molar-refractivity contribution >= 4 is 23.4 Å². The number of ether oxygens (including phenoxy) is 1. The third-order valence-corrected chi connectivity index (χ3v) is 4.47. The van der Waals surface area contributed by atoms with Gasteiger partial charge in [0, 0.05) is 12.7 Å².